The zero-order chi connectivity index (χ0) is 22.1. The van der Waals surface area contributed by atoms with E-state index in [2.05, 4.69) is 10.6 Å². The molecule has 1 aromatic carbocycles. The van der Waals surface area contributed by atoms with Crippen LogP contribution in [-0.4, -0.2) is 62.8 Å². The number of carbonyl (C=O) groups excluding carboxylic acids is 3. The van der Waals surface area contributed by atoms with Crippen LogP contribution in [0, 0.1) is 0 Å². The lowest BCUT2D eigenvalue weighted by molar-refractivity contribution is -0.147. The van der Waals surface area contributed by atoms with Crippen LogP contribution in [0.1, 0.15) is 49.9 Å². The van der Waals surface area contributed by atoms with Crippen molar-refractivity contribution in [1.29, 1.82) is 0 Å². The minimum absolute atomic E-state index is 0.0930. The van der Waals surface area contributed by atoms with Crippen molar-refractivity contribution in [3.8, 4) is 0 Å². The highest BCUT2D eigenvalue weighted by Crippen LogP contribution is 2.17. The summed E-state index contributed by atoms with van der Waals surface area (Å²) in [5, 5.41) is 5.20. The largest absolute Gasteiger partial charge is 0.454 e. The van der Waals surface area contributed by atoms with E-state index >= 15 is 0 Å². The first-order valence-corrected chi connectivity index (χ1v) is 11.5. The lowest BCUT2D eigenvalue weighted by Crippen LogP contribution is -2.37. The van der Waals surface area contributed by atoms with Crippen LogP contribution in [0.4, 0.5) is 0 Å². The molecule has 1 aromatic rings. The molecule has 0 aromatic heterocycles. The smallest absolute Gasteiger partial charge is 0.325 e. The van der Waals surface area contributed by atoms with Crippen molar-refractivity contribution in [3.63, 3.8) is 0 Å². The lowest BCUT2D eigenvalue weighted by Gasteiger charge is -2.18. The third-order valence-corrected chi connectivity index (χ3v) is 7.00. The summed E-state index contributed by atoms with van der Waals surface area (Å²) in [6.07, 6.45) is 4.04. The Balaban J connectivity index is 1.80. The van der Waals surface area contributed by atoms with Gasteiger partial charge in [-0.25, -0.2) is 8.42 Å². The van der Waals surface area contributed by atoms with Gasteiger partial charge in [0.25, 0.3) is 11.8 Å². The Morgan fingerprint density at radius 1 is 1.07 bits per heavy atom. The van der Waals surface area contributed by atoms with Crippen molar-refractivity contribution in [2.24, 2.45) is 0 Å². The first-order valence-electron chi connectivity index (χ1n) is 10.1. The molecule has 1 saturated carbocycles. The van der Waals surface area contributed by atoms with Crippen LogP contribution in [-0.2, 0) is 24.3 Å². The predicted octanol–water partition coefficient (Wildman–Crippen LogP) is 1.05. The molecular weight excluding hydrogens is 410 g/mol. The third kappa shape index (κ3) is 6.53. The molecule has 2 rings (SSSR count). The average molecular weight is 440 g/mol. The summed E-state index contributed by atoms with van der Waals surface area (Å²) in [6, 6.07) is 5.62. The normalized spacial score (nSPS) is 14.5. The second-order valence-electron chi connectivity index (χ2n) is 7.01. The summed E-state index contributed by atoms with van der Waals surface area (Å²) in [5.74, 6) is -1.63. The van der Waals surface area contributed by atoms with Crippen LogP contribution < -0.4 is 10.6 Å². The highest BCUT2D eigenvalue weighted by atomic mass is 32.2. The lowest BCUT2D eigenvalue weighted by atomic mass is 10.2. The van der Waals surface area contributed by atoms with Crippen LogP contribution in [0.3, 0.4) is 0 Å². The summed E-state index contributed by atoms with van der Waals surface area (Å²) < 4.78 is 31.1. The van der Waals surface area contributed by atoms with Crippen LogP contribution in [0.2, 0.25) is 0 Å². The molecule has 9 nitrogen and oxygen atoms in total. The molecular formula is C20H29N3O6S. The van der Waals surface area contributed by atoms with Gasteiger partial charge in [0.1, 0.15) is 6.54 Å². The van der Waals surface area contributed by atoms with E-state index in [0.717, 1.165) is 25.7 Å². The highest BCUT2D eigenvalue weighted by molar-refractivity contribution is 7.89. The summed E-state index contributed by atoms with van der Waals surface area (Å²) in [6.45, 7) is 3.42. The van der Waals surface area contributed by atoms with Gasteiger partial charge in [0.15, 0.2) is 6.61 Å². The summed E-state index contributed by atoms with van der Waals surface area (Å²) in [5.41, 5.74) is 0.209. The fourth-order valence-corrected chi connectivity index (χ4v) is 4.74. The van der Waals surface area contributed by atoms with Crippen molar-refractivity contribution in [2.45, 2.75) is 50.5 Å². The number of hydrogen-bond donors (Lipinski definition) is 2. The van der Waals surface area contributed by atoms with Gasteiger partial charge < -0.3 is 15.4 Å². The van der Waals surface area contributed by atoms with Crippen LogP contribution >= 0.6 is 0 Å². The Morgan fingerprint density at radius 2 is 1.67 bits per heavy atom. The Bertz CT molecular complexity index is 844. The molecule has 0 heterocycles. The minimum atomic E-state index is -3.60. The fraction of sp³-hybridized carbons (Fsp3) is 0.550. The van der Waals surface area contributed by atoms with Crippen molar-refractivity contribution in [2.75, 3.05) is 26.2 Å². The molecule has 1 aliphatic rings. The van der Waals surface area contributed by atoms with Crippen LogP contribution in [0.15, 0.2) is 29.2 Å². The fourth-order valence-electron chi connectivity index (χ4n) is 3.28. The van der Waals surface area contributed by atoms with Crippen LogP contribution in [0.25, 0.3) is 0 Å². The first-order chi connectivity index (χ1) is 14.3. The van der Waals surface area contributed by atoms with Crippen molar-refractivity contribution in [3.05, 3.63) is 29.8 Å². The number of rotatable bonds is 10. The van der Waals surface area contributed by atoms with Gasteiger partial charge in [-0.2, -0.15) is 4.31 Å². The van der Waals surface area contributed by atoms with E-state index in [1.54, 1.807) is 13.8 Å². The topological polar surface area (TPSA) is 122 Å². The summed E-state index contributed by atoms with van der Waals surface area (Å²) >= 11 is 0. The van der Waals surface area contributed by atoms with E-state index in [1.807, 2.05) is 0 Å². The number of ether oxygens (including phenoxy) is 1. The number of nitrogens with zero attached hydrogens (tertiary/aromatic N) is 1. The zero-order valence-electron chi connectivity index (χ0n) is 17.3. The Labute approximate surface area is 177 Å². The number of hydrogen-bond acceptors (Lipinski definition) is 6. The number of nitrogens with one attached hydrogen (secondary N) is 2. The van der Waals surface area contributed by atoms with E-state index < -0.39 is 28.4 Å². The van der Waals surface area contributed by atoms with Gasteiger partial charge in [-0.05, 0) is 37.1 Å². The molecule has 0 saturated heterocycles. The van der Waals surface area contributed by atoms with Crippen molar-refractivity contribution >= 4 is 27.8 Å². The van der Waals surface area contributed by atoms with Gasteiger partial charge in [0, 0.05) is 24.7 Å². The average Bonchev–Trinajstić information content (AvgIpc) is 3.24. The molecule has 1 aliphatic carbocycles. The van der Waals surface area contributed by atoms with E-state index in [0.29, 0.717) is 13.1 Å². The molecule has 0 bridgehead atoms. The van der Waals surface area contributed by atoms with Gasteiger partial charge in [0.05, 0.1) is 4.90 Å². The number of benzene rings is 1. The second-order valence-corrected chi connectivity index (χ2v) is 8.94. The molecule has 30 heavy (non-hydrogen) atoms. The number of carbonyl (C=O) groups is 3. The Morgan fingerprint density at radius 3 is 2.23 bits per heavy atom. The first kappa shape index (κ1) is 23.8. The van der Waals surface area contributed by atoms with Gasteiger partial charge in [-0.15, -0.1) is 0 Å². The molecule has 0 spiro atoms. The molecule has 10 heteroatoms. The molecule has 0 unspecified atom stereocenters. The van der Waals surface area contributed by atoms with E-state index in [1.165, 1.54) is 28.6 Å². The molecule has 0 atom stereocenters. The standard InChI is InChI=1S/C20H29N3O6S/c1-3-23(4-2)30(27,28)17-11-9-15(10-12-17)20(26)21-13-19(25)29-14-18(24)22-16-7-5-6-8-16/h9-12,16H,3-8,13-14H2,1-2H3,(H,21,26)(H,22,24). The molecule has 0 radical (unpaired) electrons. The monoisotopic (exact) mass is 439 g/mol. The maximum Gasteiger partial charge on any atom is 0.325 e. The summed E-state index contributed by atoms with van der Waals surface area (Å²) in [4.78, 5) is 35.7. The van der Waals surface area contributed by atoms with Gasteiger partial charge in [-0.1, -0.05) is 26.7 Å². The van der Waals surface area contributed by atoms with Gasteiger partial charge >= 0.3 is 5.97 Å². The zero-order valence-corrected chi connectivity index (χ0v) is 18.2. The van der Waals surface area contributed by atoms with Crippen molar-refractivity contribution in [1.82, 2.24) is 14.9 Å². The van der Waals surface area contributed by atoms with Gasteiger partial charge in [0.2, 0.25) is 10.0 Å². The molecule has 1 fully saturated rings. The Kier molecular flexibility index (Phi) is 8.79. The molecule has 166 valence electrons. The number of amides is 2. The highest BCUT2D eigenvalue weighted by Gasteiger charge is 2.22. The maximum atomic E-state index is 12.5. The predicted molar refractivity (Wildman–Crippen MR) is 110 cm³/mol. The Hall–Kier alpha value is -2.46. The van der Waals surface area contributed by atoms with E-state index in [9.17, 15) is 22.8 Å². The number of esters is 1. The van der Waals surface area contributed by atoms with E-state index in [-0.39, 0.29) is 29.0 Å². The third-order valence-electron chi connectivity index (χ3n) is 4.94. The van der Waals surface area contributed by atoms with Gasteiger partial charge in [-0.3, -0.25) is 14.4 Å². The minimum Gasteiger partial charge on any atom is -0.454 e. The number of sulfonamides is 1. The second kappa shape index (κ2) is 11.1. The molecule has 2 amide bonds. The molecule has 0 aliphatic heterocycles. The SMILES string of the molecule is CCN(CC)S(=O)(=O)c1ccc(C(=O)NCC(=O)OCC(=O)NC2CCCC2)cc1. The maximum absolute atomic E-state index is 12.5. The quantitative estimate of drug-likeness (QED) is 0.526. The van der Waals surface area contributed by atoms with E-state index in [4.69, 9.17) is 4.74 Å². The summed E-state index contributed by atoms with van der Waals surface area (Å²) in [7, 11) is -3.60. The van der Waals surface area contributed by atoms with Crippen LogP contribution in [0.5, 0.6) is 0 Å². The van der Waals surface area contributed by atoms with Crippen molar-refractivity contribution < 1.29 is 27.5 Å². The molecule has 2 N–H and O–H groups in total.